The molecule has 4 rings (SSSR count). The lowest BCUT2D eigenvalue weighted by Gasteiger charge is -2.33. The maximum Gasteiger partial charge on any atom is 0.490 e. The maximum atomic E-state index is 13.7. The first-order valence-corrected chi connectivity index (χ1v) is 14.1. The molecule has 242 valence electrons. The summed E-state index contributed by atoms with van der Waals surface area (Å²) in [5.41, 5.74) is 3.64. The number of nitrogens with zero attached hydrogens (tertiary/aromatic N) is 5. The second-order valence-electron chi connectivity index (χ2n) is 11.4. The minimum Gasteiger partial charge on any atom is -0.494 e. The number of fused-ring (bicyclic) bond motifs is 1. The van der Waals surface area contributed by atoms with E-state index in [2.05, 4.69) is 49.7 Å². The number of carboxylic acids is 1. The van der Waals surface area contributed by atoms with Crippen LogP contribution in [0.2, 0.25) is 0 Å². The molecule has 0 radical (unpaired) electrons. The van der Waals surface area contributed by atoms with Crippen molar-refractivity contribution in [2.45, 2.75) is 65.6 Å². The number of carbonyl (C=O) groups excluding carboxylic acids is 1. The molecule has 0 saturated carbocycles. The first kappa shape index (κ1) is 34.4. The Morgan fingerprint density at radius 2 is 1.73 bits per heavy atom. The Morgan fingerprint density at radius 1 is 1.11 bits per heavy atom. The van der Waals surface area contributed by atoms with Crippen LogP contribution in [-0.4, -0.2) is 82.4 Å². The molecule has 0 spiro atoms. The van der Waals surface area contributed by atoms with Crippen LogP contribution in [0.3, 0.4) is 0 Å². The molecule has 12 nitrogen and oxygen atoms in total. The van der Waals surface area contributed by atoms with Crippen LogP contribution in [0.1, 0.15) is 68.9 Å². The molecule has 0 aliphatic carbocycles. The fourth-order valence-corrected chi connectivity index (χ4v) is 4.58. The predicted octanol–water partition coefficient (Wildman–Crippen LogP) is 4.19. The van der Waals surface area contributed by atoms with Gasteiger partial charge in [-0.1, -0.05) is 34.6 Å². The van der Waals surface area contributed by atoms with Crippen LogP contribution in [0, 0.1) is 5.41 Å². The number of methoxy groups -OCH3 is 1. The van der Waals surface area contributed by atoms with E-state index in [4.69, 9.17) is 29.5 Å². The molecule has 0 atom stereocenters. The number of rotatable bonds is 8. The first-order chi connectivity index (χ1) is 20.5. The molecule has 3 heterocycles. The number of halogens is 3. The van der Waals surface area contributed by atoms with Crippen LogP contribution in [0.4, 0.5) is 18.9 Å². The molecule has 0 amide bonds. The SMILES string of the molecule is CCOc1cc(C(C)C)c2nn(CC(=O)c3cc(N4CCOCC4)c(OC)c(C(C)(C)C)c3)c(=N)n2n1.O=C(O)C(F)(F)F. The molecule has 1 aromatic carbocycles. The van der Waals surface area contributed by atoms with E-state index in [0.717, 1.165) is 35.7 Å². The van der Waals surface area contributed by atoms with Gasteiger partial charge in [-0.15, -0.1) is 10.2 Å². The van der Waals surface area contributed by atoms with Gasteiger partial charge in [-0.25, -0.2) is 9.48 Å². The Balaban J connectivity index is 0.000000676. The summed E-state index contributed by atoms with van der Waals surface area (Å²) in [6.45, 7) is 15.4. The zero-order chi connectivity index (χ0) is 33.0. The van der Waals surface area contributed by atoms with E-state index in [-0.39, 0.29) is 29.3 Å². The van der Waals surface area contributed by atoms with Gasteiger partial charge in [-0.05, 0) is 30.4 Å². The summed E-state index contributed by atoms with van der Waals surface area (Å²) in [4.78, 5) is 24.8. The van der Waals surface area contributed by atoms with Crippen molar-refractivity contribution in [1.82, 2.24) is 19.4 Å². The third-order valence-corrected chi connectivity index (χ3v) is 6.80. The van der Waals surface area contributed by atoms with Gasteiger partial charge in [0.15, 0.2) is 11.4 Å². The van der Waals surface area contributed by atoms with E-state index in [1.165, 1.54) is 9.20 Å². The highest BCUT2D eigenvalue weighted by atomic mass is 19.4. The lowest BCUT2D eigenvalue weighted by molar-refractivity contribution is -0.192. The standard InChI is InChI=1S/C27H38N6O4.C2HF3O2/c1-8-37-23-15-19(17(2)3)25-30-32(26(28)33(25)29-23)16-22(34)18-13-20(27(4,5)6)24(35-7)21(14-18)31-9-11-36-12-10-31;3-2(4,5)1(6)7/h13-15,17,28H,8-12,16H2,1-7H3;(H,6,7). The molecule has 1 fully saturated rings. The van der Waals surface area contributed by atoms with Gasteiger partial charge < -0.3 is 24.2 Å². The third-order valence-electron chi connectivity index (χ3n) is 6.80. The summed E-state index contributed by atoms with van der Waals surface area (Å²) in [7, 11) is 1.67. The smallest absolute Gasteiger partial charge is 0.490 e. The van der Waals surface area contributed by atoms with E-state index >= 15 is 0 Å². The maximum absolute atomic E-state index is 13.7. The molecular weight excluding hydrogens is 585 g/mol. The van der Waals surface area contributed by atoms with Crippen LogP contribution in [-0.2, 0) is 21.5 Å². The predicted molar refractivity (Wildman–Crippen MR) is 155 cm³/mol. The number of morpholine rings is 1. The number of ether oxygens (including phenoxy) is 3. The Hall–Kier alpha value is -4.14. The lowest BCUT2D eigenvalue weighted by Crippen LogP contribution is -2.37. The van der Waals surface area contributed by atoms with Crippen LogP contribution in [0.15, 0.2) is 18.2 Å². The van der Waals surface area contributed by atoms with Gasteiger partial charge in [0, 0.05) is 35.8 Å². The largest absolute Gasteiger partial charge is 0.494 e. The number of hydrogen-bond donors (Lipinski definition) is 2. The fraction of sp³-hybridized carbons (Fsp3) is 0.552. The molecule has 3 aromatic rings. The van der Waals surface area contributed by atoms with Gasteiger partial charge in [-0.2, -0.15) is 17.7 Å². The molecule has 2 N–H and O–H groups in total. The number of carboxylic acid groups (broad SMARTS) is 1. The molecule has 0 bridgehead atoms. The summed E-state index contributed by atoms with van der Waals surface area (Å²) < 4.78 is 51.6. The number of benzene rings is 1. The average molecular weight is 625 g/mol. The number of aromatic nitrogens is 4. The zero-order valence-electron chi connectivity index (χ0n) is 25.9. The zero-order valence-corrected chi connectivity index (χ0v) is 25.9. The van der Waals surface area contributed by atoms with Crippen LogP contribution < -0.4 is 20.0 Å². The normalized spacial score (nSPS) is 13.9. The van der Waals surface area contributed by atoms with Gasteiger partial charge >= 0.3 is 12.1 Å². The Kier molecular flexibility index (Phi) is 10.7. The van der Waals surface area contributed by atoms with Crippen molar-refractivity contribution < 1.29 is 42.1 Å². The summed E-state index contributed by atoms with van der Waals surface area (Å²) in [5.74, 6) is -1.54. The molecule has 1 saturated heterocycles. The number of Topliss-reactive ketones (excluding diaryl/α,β-unsaturated/α-hetero) is 1. The molecule has 44 heavy (non-hydrogen) atoms. The summed E-state index contributed by atoms with van der Waals surface area (Å²) >= 11 is 0. The molecule has 0 unspecified atom stereocenters. The second kappa shape index (κ2) is 13.7. The summed E-state index contributed by atoms with van der Waals surface area (Å²) in [5, 5.41) is 24.9. The van der Waals surface area contributed by atoms with Crippen molar-refractivity contribution in [3.05, 3.63) is 40.5 Å². The summed E-state index contributed by atoms with van der Waals surface area (Å²) in [6, 6.07) is 5.67. The minimum absolute atomic E-state index is 0.0183. The molecule has 1 aliphatic heterocycles. The average Bonchev–Trinajstić information content (AvgIpc) is 3.26. The fourth-order valence-electron chi connectivity index (χ4n) is 4.58. The number of nitrogens with one attached hydrogen (secondary N) is 1. The lowest BCUT2D eigenvalue weighted by atomic mass is 9.84. The number of alkyl halides is 3. The van der Waals surface area contributed by atoms with Crippen molar-refractivity contribution in [1.29, 1.82) is 5.41 Å². The van der Waals surface area contributed by atoms with Crippen molar-refractivity contribution >= 4 is 23.1 Å². The van der Waals surface area contributed by atoms with Gasteiger partial charge in [0.1, 0.15) is 12.3 Å². The Bertz CT molecular complexity index is 1550. The van der Waals surface area contributed by atoms with Gasteiger partial charge in [0.05, 0.1) is 32.6 Å². The van der Waals surface area contributed by atoms with Crippen LogP contribution >= 0.6 is 0 Å². The molecule has 15 heteroatoms. The van der Waals surface area contributed by atoms with Crippen molar-refractivity contribution in [2.24, 2.45) is 0 Å². The van der Waals surface area contributed by atoms with Gasteiger partial charge in [-0.3, -0.25) is 10.2 Å². The Labute approximate surface area is 252 Å². The van der Waals surface area contributed by atoms with E-state index in [1.54, 1.807) is 7.11 Å². The monoisotopic (exact) mass is 624 g/mol. The Morgan fingerprint density at radius 3 is 2.23 bits per heavy atom. The number of aliphatic carboxylic acids is 1. The van der Waals surface area contributed by atoms with Crippen molar-refractivity contribution in [3.63, 3.8) is 0 Å². The highest BCUT2D eigenvalue weighted by Gasteiger charge is 2.38. The van der Waals surface area contributed by atoms with Crippen LogP contribution in [0.5, 0.6) is 11.6 Å². The first-order valence-electron chi connectivity index (χ1n) is 14.1. The highest BCUT2D eigenvalue weighted by Crippen LogP contribution is 2.40. The topological polar surface area (TPSA) is 144 Å². The second-order valence-corrected chi connectivity index (χ2v) is 11.4. The van der Waals surface area contributed by atoms with Crippen LogP contribution in [0.25, 0.3) is 5.65 Å². The van der Waals surface area contributed by atoms with E-state index < -0.39 is 12.1 Å². The number of carbonyl (C=O) groups is 2. The minimum atomic E-state index is -5.08. The van der Waals surface area contributed by atoms with Crippen molar-refractivity contribution in [3.8, 4) is 11.6 Å². The van der Waals surface area contributed by atoms with Gasteiger partial charge in [0.25, 0.3) is 0 Å². The van der Waals surface area contributed by atoms with E-state index in [0.29, 0.717) is 36.9 Å². The van der Waals surface area contributed by atoms with Crippen molar-refractivity contribution in [2.75, 3.05) is 44.9 Å². The van der Waals surface area contributed by atoms with Gasteiger partial charge in [0.2, 0.25) is 11.5 Å². The number of hydrogen-bond acceptors (Lipinski definition) is 9. The molecule has 2 aromatic heterocycles. The van der Waals surface area contributed by atoms with E-state index in [9.17, 15) is 18.0 Å². The summed E-state index contributed by atoms with van der Waals surface area (Å²) in [6.07, 6.45) is -5.08. The highest BCUT2D eigenvalue weighted by molar-refractivity contribution is 5.97. The molecule has 1 aliphatic rings. The molecular formula is C29H39F3N6O6. The van der Waals surface area contributed by atoms with E-state index in [1.807, 2.05) is 25.1 Å². The third kappa shape index (κ3) is 7.87. The number of anilines is 1. The number of ketones is 1. The quantitative estimate of drug-likeness (QED) is 0.353.